The summed E-state index contributed by atoms with van der Waals surface area (Å²) in [6.07, 6.45) is 1.09. The maximum absolute atomic E-state index is 12.3. The lowest BCUT2D eigenvalue weighted by Gasteiger charge is -2.21. The van der Waals surface area contributed by atoms with E-state index in [9.17, 15) is 13.2 Å². The average Bonchev–Trinajstić information content (AvgIpc) is 2.60. The Bertz CT molecular complexity index is 865. The van der Waals surface area contributed by atoms with Crippen LogP contribution in [0.2, 0.25) is 0 Å². The maximum Gasteiger partial charge on any atom is 0.235 e. The van der Waals surface area contributed by atoms with Crippen LogP contribution in [0.1, 0.15) is 16.7 Å². The van der Waals surface area contributed by atoms with Gasteiger partial charge in [0.2, 0.25) is 15.9 Å². The summed E-state index contributed by atoms with van der Waals surface area (Å²) in [7, 11) is -2.03. The number of methoxy groups -OCH3 is 1. The quantitative estimate of drug-likeness (QED) is 0.765. The molecule has 0 radical (unpaired) electrons. The molecule has 0 heterocycles. The van der Waals surface area contributed by atoms with Crippen molar-refractivity contribution in [2.24, 2.45) is 0 Å². The molecule has 7 heteroatoms. The number of hydrogen-bond donors (Lipinski definition) is 1. The number of rotatable bonds is 8. The maximum atomic E-state index is 12.3. The Morgan fingerprint density at radius 1 is 1.08 bits per heavy atom. The van der Waals surface area contributed by atoms with Crippen LogP contribution in [0.15, 0.2) is 48.5 Å². The van der Waals surface area contributed by atoms with E-state index in [-0.39, 0.29) is 19.0 Å². The van der Waals surface area contributed by atoms with Crippen LogP contribution in [0.25, 0.3) is 0 Å². The van der Waals surface area contributed by atoms with Gasteiger partial charge in [-0.25, -0.2) is 8.42 Å². The van der Waals surface area contributed by atoms with Crippen molar-refractivity contribution in [1.29, 1.82) is 0 Å². The van der Waals surface area contributed by atoms with Crippen LogP contribution in [0, 0.1) is 6.92 Å². The molecule has 6 nitrogen and oxygen atoms in total. The zero-order chi connectivity index (χ0) is 19.2. The number of nitrogens with one attached hydrogen (secondary N) is 1. The van der Waals surface area contributed by atoms with Crippen LogP contribution in [0.5, 0.6) is 5.75 Å². The normalized spacial score (nSPS) is 11.4. The van der Waals surface area contributed by atoms with Crippen LogP contribution in [-0.4, -0.2) is 38.5 Å². The first-order valence-electron chi connectivity index (χ1n) is 8.19. The molecule has 0 spiro atoms. The van der Waals surface area contributed by atoms with Crippen LogP contribution in [0.4, 0.5) is 0 Å². The molecule has 2 aromatic carbocycles. The molecule has 1 N–H and O–H groups in total. The van der Waals surface area contributed by atoms with Gasteiger partial charge >= 0.3 is 0 Å². The molecular weight excluding hydrogens is 352 g/mol. The number of para-hydroxylation sites is 1. The lowest BCUT2D eigenvalue weighted by Crippen LogP contribution is -2.39. The van der Waals surface area contributed by atoms with Gasteiger partial charge in [0.15, 0.2) is 0 Å². The Kier molecular flexibility index (Phi) is 6.76. The lowest BCUT2D eigenvalue weighted by molar-refractivity contribution is -0.121. The number of sulfonamides is 1. The highest BCUT2D eigenvalue weighted by Gasteiger charge is 2.21. The van der Waals surface area contributed by atoms with Gasteiger partial charge in [-0.3, -0.25) is 4.79 Å². The Hall–Kier alpha value is -2.38. The van der Waals surface area contributed by atoms with E-state index in [1.165, 1.54) is 7.11 Å². The van der Waals surface area contributed by atoms with Gasteiger partial charge in [0.1, 0.15) is 5.75 Å². The van der Waals surface area contributed by atoms with E-state index in [0.717, 1.165) is 21.7 Å². The molecule has 1 amide bonds. The van der Waals surface area contributed by atoms with Gasteiger partial charge in [-0.05, 0) is 24.1 Å². The van der Waals surface area contributed by atoms with Crippen molar-refractivity contribution in [2.75, 3.05) is 19.9 Å². The molecule has 0 aliphatic heterocycles. The summed E-state index contributed by atoms with van der Waals surface area (Å²) >= 11 is 0. The third-order valence-electron chi connectivity index (χ3n) is 4.07. The number of carbonyl (C=O) groups excluding carboxylic acids is 1. The van der Waals surface area contributed by atoms with E-state index in [1.807, 2.05) is 37.3 Å². The van der Waals surface area contributed by atoms with Gasteiger partial charge in [-0.1, -0.05) is 42.5 Å². The zero-order valence-corrected chi connectivity index (χ0v) is 16.0. The van der Waals surface area contributed by atoms with E-state index >= 15 is 0 Å². The molecule has 140 valence electrons. The molecule has 2 aromatic rings. The molecule has 0 saturated carbocycles. The van der Waals surface area contributed by atoms with E-state index in [4.69, 9.17) is 4.74 Å². The number of nitrogens with zero attached hydrogens (tertiary/aromatic N) is 1. The van der Waals surface area contributed by atoms with Crippen molar-refractivity contribution in [3.8, 4) is 5.75 Å². The van der Waals surface area contributed by atoms with Crippen molar-refractivity contribution in [2.45, 2.75) is 20.0 Å². The molecule has 2 rings (SSSR count). The van der Waals surface area contributed by atoms with Crippen molar-refractivity contribution in [3.63, 3.8) is 0 Å². The second kappa shape index (κ2) is 8.82. The zero-order valence-electron chi connectivity index (χ0n) is 15.2. The largest absolute Gasteiger partial charge is 0.496 e. The Morgan fingerprint density at radius 2 is 1.69 bits per heavy atom. The number of amides is 1. The van der Waals surface area contributed by atoms with Crippen LogP contribution < -0.4 is 10.1 Å². The third-order valence-corrected chi connectivity index (χ3v) is 5.26. The molecule has 0 unspecified atom stereocenters. The molecule has 0 aromatic heterocycles. The Morgan fingerprint density at radius 3 is 2.31 bits per heavy atom. The highest BCUT2D eigenvalue weighted by atomic mass is 32.2. The highest BCUT2D eigenvalue weighted by Crippen LogP contribution is 2.20. The molecule has 0 fully saturated rings. The predicted octanol–water partition coefficient (Wildman–Crippen LogP) is 2.08. The highest BCUT2D eigenvalue weighted by molar-refractivity contribution is 7.88. The summed E-state index contributed by atoms with van der Waals surface area (Å²) in [6.45, 7) is 2.15. The van der Waals surface area contributed by atoms with Gasteiger partial charge < -0.3 is 10.1 Å². The minimum atomic E-state index is -3.56. The fraction of sp³-hybridized carbons (Fsp3) is 0.316. The number of hydrogen-bond acceptors (Lipinski definition) is 4. The molecule has 0 bridgehead atoms. The number of carbonyl (C=O) groups is 1. The second-order valence-electron chi connectivity index (χ2n) is 6.05. The number of aryl methyl sites for hydroxylation is 1. The molecule has 0 aliphatic rings. The van der Waals surface area contributed by atoms with Crippen LogP contribution in [-0.2, 0) is 27.9 Å². The van der Waals surface area contributed by atoms with E-state index < -0.39 is 10.0 Å². The molecule has 26 heavy (non-hydrogen) atoms. The first-order valence-corrected chi connectivity index (χ1v) is 10.0. The first kappa shape index (κ1) is 19.9. The summed E-state index contributed by atoms with van der Waals surface area (Å²) in [4.78, 5) is 12.3. The fourth-order valence-corrected chi connectivity index (χ4v) is 3.26. The van der Waals surface area contributed by atoms with Crippen LogP contribution >= 0.6 is 0 Å². The average molecular weight is 376 g/mol. The van der Waals surface area contributed by atoms with Crippen molar-refractivity contribution in [1.82, 2.24) is 9.62 Å². The van der Waals surface area contributed by atoms with Gasteiger partial charge in [0.05, 0.1) is 19.9 Å². The minimum absolute atomic E-state index is 0.0701. The van der Waals surface area contributed by atoms with Crippen molar-refractivity contribution >= 4 is 15.9 Å². The summed E-state index contributed by atoms with van der Waals surface area (Å²) < 4.78 is 30.6. The monoisotopic (exact) mass is 376 g/mol. The van der Waals surface area contributed by atoms with E-state index in [2.05, 4.69) is 5.32 Å². The first-order chi connectivity index (χ1) is 12.3. The molecule has 0 atom stereocenters. The Balaban J connectivity index is 2.06. The topological polar surface area (TPSA) is 75.7 Å². The van der Waals surface area contributed by atoms with Gasteiger partial charge in [0.25, 0.3) is 0 Å². The predicted molar refractivity (Wildman–Crippen MR) is 101 cm³/mol. The summed E-state index contributed by atoms with van der Waals surface area (Å²) in [6, 6.07) is 14.9. The van der Waals surface area contributed by atoms with Crippen molar-refractivity contribution in [3.05, 3.63) is 65.2 Å². The Labute approximate surface area is 154 Å². The number of ether oxygens (including phenoxy) is 1. The molecule has 0 saturated heterocycles. The smallest absolute Gasteiger partial charge is 0.235 e. The fourth-order valence-electron chi connectivity index (χ4n) is 2.53. The molecule has 0 aliphatic carbocycles. The number of benzene rings is 2. The summed E-state index contributed by atoms with van der Waals surface area (Å²) in [5.74, 6) is 0.232. The standard InChI is InChI=1S/C19H24N2O4S/c1-15-8-4-5-9-16(15)12-20-19(22)14-21(26(3,23)24)13-17-10-6-7-11-18(17)25-2/h4-11H,12-14H2,1-3H3,(H,20,22). The van der Waals surface area contributed by atoms with Gasteiger partial charge in [-0.2, -0.15) is 4.31 Å². The molecular formula is C19H24N2O4S. The van der Waals surface area contributed by atoms with E-state index in [0.29, 0.717) is 17.9 Å². The van der Waals surface area contributed by atoms with Gasteiger partial charge in [-0.15, -0.1) is 0 Å². The lowest BCUT2D eigenvalue weighted by atomic mass is 10.1. The summed E-state index contributed by atoms with van der Waals surface area (Å²) in [5, 5.41) is 2.78. The van der Waals surface area contributed by atoms with E-state index in [1.54, 1.807) is 18.2 Å². The van der Waals surface area contributed by atoms with Crippen LogP contribution in [0.3, 0.4) is 0 Å². The SMILES string of the molecule is COc1ccccc1CN(CC(=O)NCc1ccccc1C)S(C)(=O)=O. The summed E-state index contributed by atoms with van der Waals surface area (Å²) in [5.41, 5.74) is 2.77. The second-order valence-corrected chi connectivity index (χ2v) is 8.03. The minimum Gasteiger partial charge on any atom is -0.496 e. The van der Waals surface area contributed by atoms with Crippen molar-refractivity contribution < 1.29 is 17.9 Å². The van der Waals surface area contributed by atoms with Gasteiger partial charge in [0, 0.05) is 18.7 Å². The third kappa shape index (κ3) is 5.57.